The number of aromatic amines is 1. The Morgan fingerprint density at radius 3 is 2.85 bits per heavy atom. The number of rotatable bonds is 7. The van der Waals surface area contributed by atoms with E-state index in [2.05, 4.69) is 27.2 Å². The Balaban J connectivity index is 1.65. The number of nitrogens with one attached hydrogen (secondary N) is 2. The minimum Gasteiger partial charge on any atom is -0.401 e. The molecule has 0 saturated carbocycles. The summed E-state index contributed by atoms with van der Waals surface area (Å²) >= 11 is 0. The van der Waals surface area contributed by atoms with E-state index in [0.717, 1.165) is 35.1 Å². The van der Waals surface area contributed by atoms with Gasteiger partial charge >= 0.3 is 0 Å². The van der Waals surface area contributed by atoms with E-state index in [4.69, 9.17) is 5.73 Å². The lowest BCUT2D eigenvalue weighted by Gasteiger charge is -2.07. The van der Waals surface area contributed by atoms with Crippen LogP contribution < -0.4 is 11.1 Å². The van der Waals surface area contributed by atoms with Crippen LogP contribution in [0.25, 0.3) is 22.2 Å². The lowest BCUT2D eigenvalue weighted by atomic mass is 10.1. The third kappa shape index (κ3) is 4.61. The molecule has 0 radical (unpaired) electrons. The normalized spacial score (nSPS) is 12.0. The molecule has 0 atom stereocenters. The molecule has 6 nitrogen and oxygen atoms in total. The monoisotopic (exact) mass is 361 g/mol. The van der Waals surface area contributed by atoms with Crippen LogP contribution in [0.5, 0.6) is 0 Å². The van der Waals surface area contributed by atoms with E-state index in [1.54, 1.807) is 30.6 Å². The number of nitrogens with two attached hydrogens (primary N) is 1. The highest BCUT2D eigenvalue weighted by Gasteiger charge is 2.09. The minimum atomic E-state index is -0.170. The zero-order valence-corrected chi connectivity index (χ0v) is 15.3. The van der Waals surface area contributed by atoms with Crippen LogP contribution in [0.15, 0.2) is 65.6 Å². The van der Waals surface area contributed by atoms with Crippen molar-refractivity contribution in [1.82, 2.24) is 15.3 Å². The molecule has 0 spiro atoms. The van der Waals surface area contributed by atoms with Crippen molar-refractivity contribution in [2.45, 2.75) is 13.3 Å². The number of fused-ring (bicyclic) bond motifs is 1. The lowest BCUT2D eigenvalue weighted by molar-refractivity contribution is 0.0957. The van der Waals surface area contributed by atoms with Crippen molar-refractivity contribution < 1.29 is 4.79 Å². The number of benzene rings is 1. The second-order valence-electron chi connectivity index (χ2n) is 6.16. The van der Waals surface area contributed by atoms with E-state index in [0.29, 0.717) is 11.3 Å². The Kier molecular flexibility index (Phi) is 5.99. The fourth-order valence-electron chi connectivity index (χ4n) is 2.69. The maximum absolute atomic E-state index is 12.3. The molecule has 1 amide bonds. The molecule has 2 heterocycles. The molecule has 6 heteroatoms. The largest absolute Gasteiger partial charge is 0.401 e. The Bertz CT molecular complexity index is 970. The van der Waals surface area contributed by atoms with E-state index in [1.165, 1.54) is 0 Å². The van der Waals surface area contributed by atoms with E-state index in [-0.39, 0.29) is 12.5 Å². The third-order valence-electron chi connectivity index (χ3n) is 4.10. The van der Waals surface area contributed by atoms with Crippen molar-refractivity contribution >= 4 is 23.0 Å². The van der Waals surface area contributed by atoms with Gasteiger partial charge in [0.25, 0.3) is 5.91 Å². The number of H-pyrrole nitrogens is 1. The smallest absolute Gasteiger partial charge is 0.251 e. The first kappa shape index (κ1) is 18.4. The van der Waals surface area contributed by atoms with Crippen molar-refractivity contribution in [1.29, 1.82) is 0 Å². The number of nitrogens with zero attached hydrogens (tertiary/aromatic N) is 2. The van der Waals surface area contributed by atoms with Gasteiger partial charge in [0.2, 0.25) is 0 Å². The molecule has 0 fully saturated rings. The number of pyridine rings is 1. The Morgan fingerprint density at radius 2 is 2.07 bits per heavy atom. The van der Waals surface area contributed by atoms with Crippen LogP contribution in [0.3, 0.4) is 0 Å². The van der Waals surface area contributed by atoms with Crippen LogP contribution >= 0.6 is 0 Å². The van der Waals surface area contributed by atoms with Crippen LogP contribution in [0.4, 0.5) is 0 Å². The summed E-state index contributed by atoms with van der Waals surface area (Å²) in [6.45, 7) is 3.11. The Hall–Kier alpha value is -3.41. The summed E-state index contributed by atoms with van der Waals surface area (Å²) in [6.07, 6.45) is 8.04. The summed E-state index contributed by atoms with van der Waals surface area (Å²) < 4.78 is 0. The highest BCUT2D eigenvalue weighted by atomic mass is 16.1. The molecule has 3 rings (SSSR count). The second kappa shape index (κ2) is 8.80. The van der Waals surface area contributed by atoms with Gasteiger partial charge in [-0.25, -0.2) is 0 Å². The number of allylic oxidation sites excluding steroid dienone is 1. The maximum Gasteiger partial charge on any atom is 0.251 e. The number of hydrogen-bond donors (Lipinski definition) is 3. The third-order valence-corrected chi connectivity index (χ3v) is 4.10. The Morgan fingerprint density at radius 1 is 1.26 bits per heavy atom. The predicted molar refractivity (Wildman–Crippen MR) is 110 cm³/mol. The molecule has 4 N–H and O–H groups in total. The van der Waals surface area contributed by atoms with Crippen molar-refractivity contribution in [3.05, 3.63) is 66.1 Å². The zero-order valence-electron chi connectivity index (χ0n) is 15.3. The minimum absolute atomic E-state index is 0.170. The van der Waals surface area contributed by atoms with Crippen molar-refractivity contribution in [2.75, 3.05) is 13.1 Å². The van der Waals surface area contributed by atoms with Gasteiger partial charge in [0.05, 0.1) is 12.2 Å². The molecule has 1 aromatic carbocycles. The molecule has 3 aromatic rings. The first-order chi connectivity index (χ1) is 13.2. The maximum atomic E-state index is 12.3. The fraction of sp³-hybridized carbons (Fsp3) is 0.190. The van der Waals surface area contributed by atoms with Crippen LogP contribution in [0.2, 0.25) is 0 Å². The van der Waals surface area contributed by atoms with E-state index >= 15 is 0 Å². The van der Waals surface area contributed by atoms with Crippen molar-refractivity contribution in [3.63, 3.8) is 0 Å². The molecular formula is C21H23N5O. The number of hydrogen-bond acceptors (Lipinski definition) is 4. The van der Waals surface area contributed by atoms with E-state index in [9.17, 15) is 4.79 Å². The van der Waals surface area contributed by atoms with Crippen LogP contribution in [-0.2, 0) is 0 Å². The van der Waals surface area contributed by atoms with Gasteiger partial charge in [-0.15, -0.1) is 0 Å². The molecule has 0 aliphatic carbocycles. The van der Waals surface area contributed by atoms with Crippen LogP contribution in [0, 0.1) is 0 Å². The molecular weight excluding hydrogens is 338 g/mol. The van der Waals surface area contributed by atoms with Gasteiger partial charge in [-0.2, -0.15) is 0 Å². The summed E-state index contributed by atoms with van der Waals surface area (Å²) in [4.78, 5) is 24.1. The van der Waals surface area contributed by atoms with E-state index < -0.39 is 0 Å². The second-order valence-corrected chi connectivity index (χ2v) is 6.16. The molecule has 138 valence electrons. The SMILES string of the molecule is CCCN=CC=C(N)CNC(=O)c1ccc(-c2nccc3[nH]ccc23)cc1. The summed E-state index contributed by atoms with van der Waals surface area (Å²) in [5.41, 5.74) is 9.89. The predicted octanol–water partition coefficient (Wildman–Crippen LogP) is 3.28. The molecule has 0 aliphatic heterocycles. The van der Waals surface area contributed by atoms with Crippen LogP contribution in [-0.4, -0.2) is 35.2 Å². The first-order valence-electron chi connectivity index (χ1n) is 8.94. The highest BCUT2D eigenvalue weighted by Crippen LogP contribution is 2.25. The fourth-order valence-corrected chi connectivity index (χ4v) is 2.69. The first-order valence-corrected chi connectivity index (χ1v) is 8.94. The molecule has 0 aliphatic rings. The van der Waals surface area contributed by atoms with Gasteiger partial charge in [0, 0.05) is 52.9 Å². The summed E-state index contributed by atoms with van der Waals surface area (Å²) in [7, 11) is 0. The number of carbonyl (C=O) groups is 1. The highest BCUT2D eigenvalue weighted by molar-refractivity contribution is 5.96. The average molecular weight is 361 g/mol. The number of aliphatic imine (C=N–C) groups is 1. The number of aromatic nitrogens is 2. The molecule has 27 heavy (non-hydrogen) atoms. The lowest BCUT2D eigenvalue weighted by Crippen LogP contribution is -2.27. The molecule has 0 unspecified atom stereocenters. The van der Waals surface area contributed by atoms with Gasteiger partial charge in [-0.3, -0.25) is 14.8 Å². The molecule has 2 aromatic heterocycles. The molecule has 0 saturated heterocycles. The van der Waals surface area contributed by atoms with E-state index in [1.807, 2.05) is 30.5 Å². The van der Waals surface area contributed by atoms with Gasteiger partial charge in [0.1, 0.15) is 0 Å². The standard InChI is InChI=1S/C21H23N5O/c1-2-10-23-11-7-17(22)14-26-21(27)16-5-3-15(4-6-16)20-18-8-12-24-19(18)9-13-25-20/h3-9,11-13,24H,2,10,14,22H2,1H3,(H,26,27). The summed E-state index contributed by atoms with van der Waals surface area (Å²) in [6, 6.07) is 11.3. The summed E-state index contributed by atoms with van der Waals surface area (Å²) in [5, 5.41) is 3.86. The Labute approximate surface area is 158 Å². The van der Waals surface area contributed by atoms with Crippen molar-refractivity contribution in [3.8, 4) is 11.3 Å². The zero-order chi connectivity index (χ0) is 19.1. The van der Waals surface area contributed by atoms with Crippen molar-refractivity contribution in [2.24, 2.45) is 10.7 Å². The van der Waals surface area contributed by atoms with Gasteiger partial charge < -0.3 is 16.0 Å². The molecule has 0 bridgehead atoms. The number of amides is 1. The van der Waals surface area contributed by atoms with Gasteiger partial charge in [-0.1, -0.05) is 19.1 Å². The van der Waals surface area contributed by atoms with Crippen LogP contribution in [0.1, 0.15) is 23.7 Å². The summed E-state index contributed by atoms with van der Waals surface area (Å²) in [5.74, 6) is -0.170. The van der Waals surface area contributed by atoms with Gasteiger partial charge in [0.15, 0.2) is 0 Å². The van der Waals surface area contributed by atoms with Gasteiger partial charge in [-0.05, 0) is 36.8 Å². The topological polar surface area (TPSA) is 96.2 Å². The quantitative estimate of drug-likeness (QED) is 0.563. The number of carbonyl (C=O) groups excluding carboxylic acids is 1. The average Bonchev–Trinajstić information content (AvgIpc) is 3.18.